The Morgan fingerprint density at radius 1 is 1.04 bits per heavy atom. The zero-order chi connectivity index (χ0) is 19.2. The van der Waals surface area contributed by atoms with Crippen LogP contribution in [0, 0.1) is 0 Å². The maximum absolute atomic E-state index is 12.1. The van der Waals surface area contributed by atoms with E-state index in [0.29, 0.717) is 17.3 Å². The Morgan fingerprint density at radius 2 is 1.93 bits per heavy atom. The molecular weight excluding hydrogens is 372 g/mol. The lowest BCUT2D eigenvalue weighted by Gasteiger charge is -2.05. The average Bonchev–Trinajstić information content (AvgIpc) is 3.16. The molecule has 1 N–H and O–H groups in total. The van der Waals surface area contributed by atoms with E-state index in [4.69, 9.17) is 0 Å². The van der Waals surface area contributed by atoms with E-state index in [1.54, 1.807) is 16.9 Å². The van der Waals surface area contributed by atoms with Gasteiger partial charge in [-0.3, -0.25) is 9.78 Å². The summed E-state index contributed by atoms with van der Waals surface area (Å²) >= 11 is 1.31. The Bertz CT molecular complexity index is 1070. The van der Waals surface area contributed by atoms with Crippen molar-refractivity contribution in [3.63, 3.8) is 0 Å². The highest BCUT2D eigenvalue weighted by atomic mass is 32.2. The summed E-state index contributed by atoms with van der Waals surface area (Å²) in [5, 5.41) is 16.4. The third-order valence-electron chi connectivity index (χ3n) is 4.10. The molecule has 0 aliphatic carbocycles. The van der Waals surface area contributed by atoms with Crippen molar-refractivity contribution in [3.8, 4) is 11.3 Å². The summed E-state index contributed by atoms with van der Waals surface area (Å²) in [5.41, 5.74) is 3.52. The van der Waals surface area contributed by atoms with Crippen LogP contribution in [0.2, 0.25) is 0 Å². The molecule has 0 aliphatic rings. The zero-order valence-electron chi connectivity index (χ0n) is 15.0. The number of nitrogens with zero attached hydrogens (tertiary/aromatic N) is 5. The van der Waals surface area contributed by atoms with Crippen LogP contribution in [-0.4, -0.2) is 43.0 Å². The van der Waals surface area contributed by atoms with Crippen molar-refractivity contribution in [2.45, 2.75) is 11.6 Å². The number of aromatic nitrogens is 5. The van der Waals surface area contributed by atoms with Crippen LogP contribution >= 0.6 is 11.8 Å². The van der Waals surface area contributed by atoms with E-state index < -0.39 is 0 Å². The molecule has 0 aliphatic heterocycles. The minimum absolute atomic E-state index is 0.0407. The molecule has 3 heterocycles. The Hall–Kier alpha value is -3.26. The van der Waals surface area contributed by atoms with Gasteiger partial charge in [-0.2, -0.15) is 9.61 Å². The van der Waals surface area contributed by atoms with Gasteiger partial charge in [0.25, 0.3) is 0 Å². The molecule has 3 aromatic heterocycles. The van der Waals surface area contributed by atoms with Gasteiger partial charge in [0.15, 0.2) is 5.65 Å². The Balaban J connectivity index is 1.37. The predicted octanol–water partition coefficient (Wildman–Crippen LogP) is 2.64. The second kappa shape index (κ2) is 8.62. The summed E-state index contributed by atoms with van der Waals surface area (Å²) in [5.74, 6) is 0.218. The van der Waals surface area contributed by atoms with Crippen LogP contribution in [0.1, 0.15) is 5.56 Å². The first-order valence-electron chi connectivity index (χ1n) is 8.86. The lowest BCUT2D eigenvalue weighted by molar-refractivity contribution is -0.118. The number of amides is 1. The maximum atomic E-state index is 12.1. The number of nitrogens with one attached hydrogen (secondary N) is 1. The Labute approximate surface area is 166 Å². The summed E-state index contributed by atoms with van der Waals surface area (Å²) in [6, 6.07) is 17.6. The topological polar surface area (TPSA) is 85.1 Å². The van der Waals surface area contributed by atoms with Crippen molar-refractivity contribution in [1.82, 2.24) is 30.1 Å². The fraction of sp³-hybridized carbons (Fsp3) is 0.150. The summed E-state index contributed by atoms with van der Waals surface area (Å²) in [4.78, 5) is 16.3. The van der Waals surface area contributed by atoms with E-state index in [2.05, 4.69) is 37.7 Å². The van der Waals surface area contributed by atoms with Gasteiger partial charge in [0.2, 0.25) is 11.1 Å². The van der Waals surface area contributed by atoms with E-state index in [0.717, 1.165) is 17.7 Å². The van der Waals surface area contributed by atoms with Gasteiger partial charge >= 0.3 is 0 Å². The lowest BCUT2D eigenvalue weighted by atomic mass is 10.1. The first kappa shape index (κ1) is 18.1. The molecule has 0 saturated carbocycles. The number of benzene rings is 1. The molecule has 0 radical (unpaired) electrons. The van der Waals surface area contributed by atoms with Crippen molar-refractivity contribution < 1.29 is 4.79 Å². The fourth-order valence-corrected chi connectivity index (χ4v) is 3.42. The van der Waals surface area contributed by atoms with E-state index in [1.165, 1.54) is 17.3 Å². The molecule has 0 unspecified atom stereocenters. The number of hydrogen-bond donors (Lipinski definition) is 1. The van der Waals surface area contributed by atoms with Crippen molar-refractivity contribution in [1.29, 1.82) is 0 Å². The van der Waals surface area contributed by atoms with Crippen LogP contribution in [0.4, 0.5) is 0 Å². The first-order chi connectivity index (χ1) is 13.8. The standard InChI is InChI=1S/C20H18N6OS/c27-19(22-12-10-15-5-2-1-3-6-15)14-28-20-24-23-18-9-8-17(25-26(18)20)16-7-4-11-21-13-16/h1-9,11,13H,10,12,14H2,(H,22,27). The fourth-order valence-electron chi connectivity index (χ4n) is 2.70. The van der Waals surface area contributed by atoms with E-state index in [-0.39, 0.29) is 11.7 Å². The van der Waals surface area contributed by atoms with Crippen LogP contribution in [-0.2, 0) is 11.2 Å². The number of carbonyl (C=O) groups excluding carboxylic acids is 1. The summed E-state index contributed by atoms with van der Waals surface area (Å²) in [7, 11) is 0. The molecule has 8 heteroatoms. The van der Waals surface area contributed by atoms with Crippen LogP contribution in [0.5, 0.6) is 0 Å². The highest BCUT2D eigenvalue weighted by Gasteiger charge is 2.11. The molecular formula is C20H18N6OS. The summed E-state index contributed by atoms with van der Waals surface area (Å²) in [6.07, 6.45) is 4.28. The number of carbonyl (C=O) groups is 1. The number of fused-ring (bicyclic) bond motifs is 1. The number of thioether (sulfide) groups is 1. The van der Waals surface area contributed by atoms with E-state index in [9.17, 15) is 4.79 Å². The molecule has 7 nitrogen and oxygen atoms in total. The van der Waals surface area contributed by atoms with Crippen molar-refractivity contribution in [2.75, 3.05) is 12.3 Å². The van der Waals surface area contributed by atoms with Crippen LogP contribution < -0.4 is 5.32 Å². The van der Waals surface area contributed by atoms with Gasteiger partial charge in [0.05, 0.1) is 11.4 Å². The van der Waals surface area contributed by atoms with Gasteiger partial charge in [-0.15, -0.1) is 10.2 Å². The van der Waals surface area contributed by atoms with Crippen LogP contribution in [0.3, 0.4) is 0 Å². The predicted molar refractivity (Wildman–Crippen MR) is 108 cm³/mol. The molecule has 0 fully saturated rings. The molecule has 0 spiro atoms. The quantitative estimate of drug-likeness (QED) is 0.488. The van der Waals surface area contributed by atoms with Crippen LogP contribution in [0.25, 0.3) is 16.9 Å². The van der Waals surface area contributed by atoms with Gasteiger partial charge in [-0.25, -0.2) is 0 Å². The molecule has 4 rings (SSSR count). The highest BCUT2D eigenvalue weighted by molar-refractivity contribution is 7.99. The normalized spacial score (nSPS) is 10.9. The smallest absolute Gasteiger partial charge is 0.230 e. The summed E-state index contributed by atoms with van der Waals surface area (Å²) in [6.45, 7) is 0.605. The van der Waals surface area contributed by atoms with Crippen molar-refractivity contribution in [2.24, 2.45) is 0 Å². The molecule has 4 aromatic rings. The van der Waals surface area contributed by atoms with Gasteiger partial charge in [-0.1, -0.05) is 42.1 Å². The van der Waals surface area contributed by atoms with E-state index in [1.807, 2.05) is 42.5 Å². The average molecular weight is 390 g/mol. The number of rotatable bonds is 7. The third kappa shape index (κ3) is 4.34. The molecule has 28 heavy (non-hydrogen) atoms. The number of pyridine rings is 1. The molecule has 0 atom stereocenters. The largest absolute Gasteiger partial charge is 0.355 e. The molecule has 1 amide bonds. The van der Waals surface area contributed by atoms with E-state index >= 15 is 0 Å². The van der Waals surface area contributed by atoms with Gasteiger partial charge < -0.3 is 5.32 Å². The maximum Gasteiger partial charge on any atom is 0.230 e. The van der Waals surface area contributed by atoms with Gasteiger partial charge in [0.1, 0.15) is 0 Å². The second-order valence-electron chi connectivity index (χ2n) is 6.09. The third-order valence-corrected chi connectivity index (χ3v) is 5.02. The van der Waals surface area contributed by atoms with Crippen molar-refractivity contribution >= 4 is 23.3 Å². The Kier molecular flexibility index (Phi) is 5.58. The zero-order valence-corrected chi connectivity index (χ0v) is 15.8. The van der Waals surface area contributed by atoms with Crippen LogP contribution in [0.15, 0.2) is 72.1 Å². The van der Waals surface area contributed by atoms with Gasteiger partial charge in [-0.05, 0) is 36.2 Å². The van der Waals surface area contributed by atoms with Gasteiger partial charge in [0, 0.05) is 24.5 Å². The molecule has 1 aromatic carbocycles. The summed E-state index contributed by atoms with van der Waals surface area (Å²) < 4.78 is 1.66. The lowest BCUT2D eigenvalue weighted by Crippen LogP contribution is -2.27. The first-order valence-corrected chi connectivity index (χ1v) is 9.84. The highest BCUT2D eigenvalue weighted by Crippen LogP contribution is 2.19. The molecule has 0 saturated heterocycles. The molecule has 140 valence electrons. The monoisotopic (exact) mass is 390 g/mol. The Morgan fingerprint density at radius 3 is 2.75 bits per heavy atom. The molecule has 0 bridgehead atoms. The minimum atomic E-state index is -0.0407. The number of hydrogen-bond acceptors (Lipinski definition) is 6. The van der Waals surface area contributed by atoms with Crippen molar-refractivity contribution in [3.05, 3.63) is 72.6 Å². The second-order valence-corrected chi connectivity index (χ2v) is 7.03. The minimum Gasteiger partial charge on any atom is -0.355 e. The SMILES string of the molecule is O=C(CSc1nnc2ccc(-c3cccnc3)nn12)NCCc1ccccc1.